The molecular weight excluding hydrogens is 254 g/mol. The van der Waals surface area contributed by atoms with Gasteiger partial charge >= 0.3 is 0 Å². The van der Waals surface area contributed by atoms with Gasteiger partial charge in [0, 0.05) is 11.5 Å². The molecule has 1 unspecified atom stereocenters. The number of nitrogens with zero attached hydrogens (tertiary/aromatic N) is 2. The van der Waals surface area contributed by atoms with E-state index in [4.69, 9.17) is 0 Å². The van der Waals surface area contributed by atoms with E-state index in [1.807, 2.05) is 6.92 Å². The summed E-state index contributed by atoms with van der Waals surface area (Å²) in [6.45, 7) is 10.7. The Morgan fingerprint density at radius 2 is 1.79 bits per heavy atom. The summed E-state index contributed by atoms with van der Waals surface area (Å²) in [5, 5.41) is 4.26. The van der Waals surface area contributed by atoms with Crippen LogP contribution in [0.1, 0.15) is 50.7 Å². The van der Waals surface area contributed by atoms with Gasteiger partial charge in [0.2, 0.25) is 5.13 Å². The predicted octanol–water partition coefficient (Wildman–Crippen LogP) is 4.32. The van der Waals surface area contributed by atoms with E-state index in [0.29, 0.717) is 0 Å². The lowest BCUT2D eigenvalue weighted by Gasteiger charge is -2.20. The van der Waals surface area contributed by atoms with Crippen molar-refractivity contribution >= 4 is 16.7 Å². The molecule has 1 atom stereocenters. The molecule has 102 valence electrons. The molecule has 1 aromatic heterocycles. The van der Waals surface area contributed by atoms with Crippen LogP contribution in [0.4, 0.5) is 5.13 Å². The van der Waals surface area contributed by atoms with Crippen LogP contribution < -0.4 is 5.32 Å². The summed E-state index contributed by atoms with van der Waals surface area (Å²) < 4.78 is 4.18. The van der Waals surface area contributed by atoms with Gasteiger partial charge in [0.1, 0.15) is 5.82 Å². The van der Waals surface area contributed by atoms with Crippen LogP contribution in [0.5, 0.6) is 0 Å². The molecule has 0 aliphatic heterocycles. The van der Waals surface area contributed by atoms with Crippen LogP contribution in [-0.2, 0) is 5.41 Å². The smallest absolute Gasteiger partial charge is 0.203 e. The molecular formula is C15H21N3S. The Hall–Kier alpha value is -1.42. The number of anilines is 1. The maximum Gasteiger partial charge on any atom is 0.203 e. The van der Waals surface area contributed by atoms with E-state index in [9.17, 15) is 0 Å². The minimum Gasteiger partial charge on any atom is -0.354 e. The van der Waals surface area contributed by atoms with Gasteiger partial charge in [-0.2, -0.15) is 4.37 Å². The number of aryl methyl sites for hydroxylation is 1. The molecule has 1 N–H and O–H groups in total. The highest BCUT2D eigenvalue weighted by atomic mass is 32.1. The highest BCUT2D eigenvalue weighted by molar-refractivity contribution is 7.09. The molecule has 1 heterocycles. The number of benzene rings is 1. The molecule has 0 saturated carbocycles. The average Bonchev–Trinajstić information content (AvgIpc) is 2.74. The number of aromatic nitrogens is 2. The average molecular weight is 275 g/mol. The fourth-order valence-corrected chi connectivity index (χ4v) is 2.56. The molecule has 4 heteroatoms. The fourth-order valence-electron chi connectivity index (χ4n) is 1.90. The van der Waals surface area contributed by atoms with Crippen LogP contribution in [0.25, 0.3) is 0 Å². The summed E-state index contributed by atoms with van der Waals surface area (Å²) in [7, 11) is 0. The molecule has 0 spiro atoms. The first-order valence-corrected chi connectivity index (χ1v) is 7.31. The van der Waals surface area contributed by atoms with Crippen molar-refractivity contribution in [3.05, 3.63) is 41.2 Å². The van der Waals surface area contributed by atoms with Crippen LogP contribution in [-0.4, -0.2) is 9.36 Å². The molecule has 2 rings (SSSR count). The van der Waals surface area contributed by atoms with Gasteiger partial charge in [0.15, 0.2) is 0 Å². The SMILES string of the molecule is Cc1nsc(NC(C)c2ccc(C(C)(C)C)cc2)n1. The fraction of sp³-hybridized carbons (Fsp3) is 0.467. The quantitative estimate of drug-likeness (QED) is 0.906. The number of hydrogen-bond acceptors (Lipinski definition) is 4. The molecule has 19 heavy (non-hydrogen) atoms. The predicted molar refractivity (Wildman–Crippen MR) is 81.8 cm³/mol. The topological polar surface area (TPSA) is 37.8 Å². The maximum absolute atomic E-state index is 4.33. The third-order valence-corrected chi connectivity index (χ3v) is 3.88. The molecule has 0 fully saturated rings. The molecule has 2 aromatic rings. The molecule has 0 aliphatic carbocycles. The first-order chi connectivity index (χ1) is 8.86. The lowest BCUT2D eigenvalue weighted by molar-refractivity contribution is 0.589. The van der Waals surface area contributed by atoms with Gasteiger partial charge in [-0.3, -0.25) is 0 Å². The highest BCUT2D eigenvalue weighted by Gasteiger charge is 2.14. The van der Waals surface area contributed by atoms with Gasteiger partial charge in [-0.15, -0.1) is 0 Å². The van der Waals surface area contributed by atoms with E-state index in [1.165, 1.54) is 22.7 Å². The summed E-state index contributed by atoms with van der Waals surface area (Å²) in [4.78, 5) is 4.33. The van der Waals surface area contributed by atoms with E-state index in [0.717, 1.165) is 11.0 Å². The van der Waals surface area contributed by atoms with Crippen molar-refractivity contribution in [2.24, 2.45) is 0 Å². The molecule has 0 radical (unpaired) electrons. The van der Waals surface area contributed by atoms with Gasteiger partial charge < -0.3 is 5.32 Å². The van der Waals surface area contributed by atoms with Crippen molar-refractivity contribution in [3.63, 3.8) is 0 Å². The Kier molecular flexibility index (Phi) is 3.90. The molecule has 0 saturated heterocycles. The Bertz CT molecular complexity index is 537. The van der Waals surface area contributed by atoms with Crippen molar-refractivity contribution in [2.45, 2.75) is 46.1 Å². The second-order valence-electron chi connectivity index (χ2n) is 5.88. The zero-order valence-corrected chi connectivity index (χ0v) is 13.0. The summed E-state index contributed by atoms with van der Waals surface area (Å²) >= 11 is 1.41. The summed E-state index contributed by atoms with van der Waals surface area (Å²) in [5.41, 5.74) is 2.82. The monoisotopic (exact) mass is 275 g/mol. The molecule has 0 bridgehead atoms. The summed E-state index contributed by atoms with van der Waals surface area (Å²) in [6, 6.07) is 9.03. The van der Waals surface area contributed by atoms with Gasteiger partial charge in [0.05, 0.1) is 6.04 Å². The summed E-state index contributed by atoms with van der Waals surface area (Å²) in [6.07, 6.45) is 0. The zero-order chi connectivity index (χ0) is 14.0. The molecule has 0 aliphatic rings. The van der Waals surface area contributed by atoms with Crippen LogP contribution in [0, 0.1) is 6.92 Å². The summed E-state index contributed by atoms with van der Waals surface area (Å²) in [5.74, 6) is 0.822. The second kappa shape index (κ2) is 5.29. The maximum atomic E-state index is 4.33. The number of nitrogens with one attached hydrogen (secondary N) is 1. The molecule has 3 nitrogen and oxygen atoms in total. The van der Waals surface area contributed by atoms with Crippen LogP contribution in [0.3, 0.4) is 0 Å². The van der Waals surface area contributed by atoms with Crippen molar-refractivity contribution in [1.29, 1.82) is 0 Å². The molecule has 0 amide bonds. The Morgan fingerprint density at radius 1 is 1.16 bits per heavy atom. The lowest BCUT2D eigenvalue weighted by atomic mass is 9.86. The van der Waals surface area contributed by atoms with Gasteiger partial charge in [-0.25, -0.2) is 4.98 Å². The van der Waals surface area contributed by atoms with Crippen molar-refractivity contribution in [1.82, 2.24) is 9.36 Å². The van der Waals surface area contributed by atoms with E-state index in [2.05, 4.69) is 66.6 Å². The van der Waals surface area contributed by atoms with E-state index >= 15 is 0 Å². The lowest BCUT2D eigenvalue weighted by Crippen LogP contribution is -2.12. The van der Waals surface area contributed by atoms with Crippen LogP contribution in [0.2, 0.25) is 0 Å². The largest absolute Gasteiger partial charge is 0.354 e. The number of hydrogen-bond donors (Lipinski definition) is 1. The minimum absolute atomic E-state index is 0.200. The normalized spacial score (nSPS) is 13.3. The van der Waals surface area contributed by atoms with Gasteiger partial charge in [-0.1, -0.05) is 45.0 Å². The van der Waals surface area contributed by atoms with E-state index < -0.39 is 0 Å². The second-order valence-corrected chi connectivity index (χ2v) is 6.64. The first kappa shape index (κ1) is 14.0. The first-order valence-electron chi connectivity index (χ1n) is 6.53. The van der Waals surface area contributed by atoms with Gasteiger partial charge in [0.25, 0.3) is 0 Å². The Labute approximate surface area is 119 Å². The van der Waals surface area contributed by atoms with Crippen molar-refractivity contribution in [3.8, 4) is 0 Å². The standard InChI is InChI=1S/C15H21N3S/c1-10(16-14-17-11(2)18-19-14)12-6-8-13(9-7-12)15(3,4)5/h6-10H,1-5H3,(H,16,17,18). The Morgan fingerprint density at radius 3 is 2.26 bits per heavy atom. The van der Waals surface area contributed by atoms with Crippen LogP contribution >= 0.6 is 11.5 Å². The Balaban J connectivity index is 2.09. The third kappa shape index (κ3) is 3.53. The van der Waals surface area contributed by atoms with E-state index in [-0.39, 0.29) is 11.5 Å². The minimum atomic E-state index is 0.200. The van der Waals surface area contributed by atoms with Crippen molar-refractivity contribution in [2.75, 3.05) is 5.32 Å². The number of rotatable bonds is 3. The van der Waals surface area contributed by atoms with E-state index in [1.54, 1.807) is 0 Å². The third-order valence-electron chi connectivity index (χ3n) is 3.14. The molecule has 1 aromatic carbocycles. The van der Waals surface area contributed by atoms with Crippen LogP contribution in [0.15, 0.2) is 24.3 Å². The highest BCUT2D eigenvalue weighted by Crippen LogP contribution is 2.25. The van der Waals surface area contributed by atoms with Gasteiger partial charge in [-0.05, 0) is 30.4 Å². The van der Waals surface area contributed by atoms with Crippen molar-refractivity contribution < 1.29 is 0 Å². The zero-order valence-electron chi connectivity index (χ0n) is 12.2.